The van der Waals surface area contributed by atoms with Gasteiger partial charge in [-0.3, -0.25) is 0 Å². The summed E-state index contributed by atoms with van der Waals surface area (Å²) in [6.45, 7) is 5.28. The van der Waals surface area contributed by atoms with Crippen molar-refractivity contribution in [2.24, 2.45) is 0 Å². The molecule has 0 spiro atoms. The molecule has 0 fully saturated rings. The Kier molecular flexibility index (Phi) is 7.04. The Labute approximate surface area is 165 Å². The summed E-state index contributed by atoms with van der Waals surface area (Å²) in [4.78, 5) is 17.6. The van der Waals surface area contributed by atoms with Gasteiger partial charge < -0.3 is 10.3 Å². The van der Waals surface area contributed by atoms with Gasteiger partial charge in [-0.25, -0.2) is 19.9 Å². The lowest BCUT2D eigenvalue weighted by atomic mass is 10.2. The van der Waals surface area contributed by atoms with Gasteiger partial charge in [0.1, 0.15) is 11.3 Å². The Hall–Kier alpha value is -2.15. The number of fused-ring (bicyclic) bond motifs is 1. The molecule has 0 aromatic carbocycles. The Morgan fingerprint density at radius 1 is 1.07 bits per heavy atom. The molecule has 0 aliphatic heterocycles. The molecule has 0 saturated carbocycles. The smallest absolute Gasteiger partial charge is 0.187 e. The number of anilines is 1. The fourth-order valence-corrected chi connectivity index (χ4v) is 4.01. The van der Waals surface area contributed by atoms with E-state index in [2.05, 4.69) is 33.4 Å². The molecule has 2 N–H and O–H groups in total. The number of imidazole rings is 1. The highest BCUT2D eigenvalue weighted by atomic mass is 32.2. The molecule has 3 heterocycles. The Morgan fingerprint density at radius 3 is 2.67 bits per heavy atom. The van der Waals surface area contributed by atoms with Gasteiger partial charge in [-0.15, -0.1) is 0 Å². The fraction of sp³-hybridized carbons (Fsp3) is 0.500. The van der Waals surface area contributed by atoms with Crippen molar-refractivity contribution in [1.29, 1.82) is 0 Å². The summed E-state index contributed by atoms with van der Waals surface area (Å²) in [5.41, 5.74) is 9.24. The average molecular weight is 385 g/mol. The van der Waals surface area contributed by atoms with Crippen LogP contribution in [-0.2, 0) is 13.0 Å². The van der Waals surface area contributed by atoms with E-state index in [4.69, 9.17) is 10.7 Å². The molecular weight excluding hydrogens is 356 g/mol. The van der Waals surface area contributed by atoms with Crippen LogP contribution in [0.15, 0.2) is 29.8 Å². The summed E-state index contributed by atoms with van der Waals surface area (Å²) >= 11 is 1.72. The van der Waals surface area contributed by atoms with Gasteiger partial charge in [0.05, 0.1) is 5.52 Å². The number of nitrogens with two attached hydrogens (primary N) is 1. The highest BCUT2D eigenvalue weighted by Crippen LogP contribution is 2.25. The minimum Gasteiger partial charge on any atom is -0.382 e. The lowest BCUT2D eigenvalue weighted by Gasteiger charge is -2.10. The first-order chi connectivity index (χ1) is 13.2. The standard InChI is InChI=1S/C20H28N6S/c1-3-4-9-16-25-17-18(15(2)14-24-19(17)21)26(16)12-6-5-7-13-27-20-22-10-8-11-23-20/h8,10-11,14H,3-7,9,12-13H2,1-2H3,(H2,21,24). The molecule has 0 aliphatic carbocycles. The van der Waals surface area contributed by atoms with Crippen LogP contribution in [0.5, 0.6) is 0 Å². The molecule has 0 aliphatic rings. The topological polar surface area (TPSA) is 82.5 Å². The number of nitrogen functional groups attached to an aromatic ring is 1. The van der Waals surface area contributed by atoms with Crippen molar-refractivity contribution in [3.63, 3.8) is 0 Å². The van der Waals surface area contributed by atoms with Crippen molar-refractivity contribution in [3.8, 4) is 0 Å². The van der Waals surface area contributed by atoms with Crippen molar-refractivity contribution in [1.82, 2.24) is 24.5 Å². The van der Waals surface area contributed by atoms with Gasteiger partial charge in [0, 0.05) is 37.3 Å². The monoisotopic (exact) mass is 384 g/mol. The van der Waals surface area contributed by atoms with Crippen LogP contribution in [0.2, 0.25) is 0 Å². The number of rotatable bonds is 10. The fourth-order valence-electron chi connectivity index (χ4n) is 3.20. The summed E-state index contributed by atoms with van der Waals surface area (Å²) in [5, 5.41) is 0.860. The molecule has 0 radical (unpaired) electrons. The number of thioether (sulfide) groups is 1. The average Bonchev–Trinajstić information content (AvgIpc) is 3.06. The molecule has 3 rings (SSSR count). The maximum Gasteiger partial charge on any atom is 0.187 e. The lowest BCUT2D eigenvalue weighted by Crippen LogP contribution is -2.05. The molecule has 0 bridgehead atoms. The first kappa shape index (κ1) is 19.6. The zero-order valence-corrected chi connectivity index (χ0v) is 17.0. The van der Waals surface area contributed by atoms with E-state index in [1.54, 1.807) is 24.2 Å². The number of aryl methyl sites for hydroxylation is 3. The summed E-state index contributed by atoms with van der Waals surface area (Å²) in [7, 11) is 0. The van der Waals surface area contributed by atoms with E-state index in [1.165, 1.54) is 6.42 Å². The first-order valence-electron chi connectivity index (χ1n) is 9.70. The second-order valence-corrected chi connectivity index (χ2v) is 7.81. The summed E-state index contributed by atoms with van der Waals surface area (Å²) in [5.74, 6) is 2.72. The number of nitrogens with zero attached hydrogens (tertiary/aromatic N) is 5. The SMILES string of the molecule is CCCCc1nc2c(N)ncc(C)c2n1CCCCCSc1ncccn1. The number of hydrogen-bond donors (Lipinski definition) is 1. The van der Waals surface area contributed by atoms with Gasteiger partial charge in [-0.2, -0.15) is 0 Å². The van der Waals surface area contributed by atoms with Crippen LogP contribution in [0.25, 0.3) is 11.0 Å². The molecule has 0 saturated heterocycles. The van der Waals surface area contributed by atoms with Crippen LogP contribution >= 0.6 is 11.8 Å². The summed E-state index contributed by atoms with van der Waals surface area (Å²) in [6, 6.07) is 1.85. The number of unbranched alkanes of at least 4 members (excludes halogenated alkanes) is 3. The zero-order chi connectivity index (χ0) is 19.1. The van der Waals surface area contributed by atoms with E-state index in [9.17, 15) is 0 Å². The molecule has 0 amide bonds. The summed E-state index contributed by atoms with van der Waals surface area (Å²) in [6.07, 6.45) is 12.2. The number of hydrogen-bond acceptors (Lipinski definition) is 6. The molecule has 6 nitrogen and oxygen atoms in total. The molecular formula is C20H28N6S. The third kappa shape index (κ3) is 4.97. The molecule has 7 heteroatoms. The minimum absolute atomic E-state index is 0.534. The maximum absolute atomic E-state index is 6.08. The number of aromatic nitrogens is 5. The van der Waals surface area contributed by atoms with E-state index in [-0.39, 0.29) is 0 Å². The van der Waals surface area contributed by atoms with Crippen molar-refractivity contribution in [3.05, 3.63) is 36.0 Å². The molecule has 3 aromatic rings. The van der Waals surface area contributed by atoms with Crippen LogP contribution < -0.4 is 5.73 Å². The van der Waals surface area contributed by atoms with E-state index >= 15 is 0 Å². The predicted octanol–water partition coefficient (Wildman–Crippen LogP) is 4.42. The zero-order valence-electron chi connectivity index (χ0n) is 16.2. The first-order valence-corrected chi connectivity index (χ1v) is 10.7. The van der Waals surface area contributed by atoms with E-state index < -0.39 is 0 Å². The second kappa shape index (κ2) is 9.69. The third-order valence-electron chi connectivity index (χ3n) is 4.61. The van der Waals surface area contributed by atoms with Crippen LogP contribution in [0.3, 0.4) is 0 Å². The highest BCUT2D eigenvalue weighted by Gasteiger charge is 2.15. The Bertz CT molecular complexity index is 862. The lowest BCUT2D eigenvalue weighted by molar-refractivity contribution is 0.584. The third-order valence-corrected chi connectivity index (χ3v) is 5.58. The molecule has 0 atom stereocenters. The van der Waals surface area contributed by atoms with Crippen LogP contribution in [-0.4, -0.2) is 30.3 Å². The molecule has 3 aromatic heterocycles. The normalized spacial score (nSPS) is 11.3. The van der Waals surface area contributed by atoms with Crippen LogP contribution in [0, 0.1) is 6.92 Å². The quantitative estimate of drug-likeness (QED) is 0.316. The van der Waals surface area contributed by atoms with E-state index in [1.807, 2.05) is 12.3 Å². The van der Waals surface area contributed by atoms with Gasteiger partial charge in [-0.05, 0) is 37.8 Å². The van der Waals surface area contributed by atoms with Crippen molar-refractivity contribution >= 4 is 28.6 Å². The van der Waals surface area contributed by atoms with Gasteiger partial charge in [0.15, 0.2) is 11.0 Å². The Balaban J connectivity index is 1.60. The van der Waals surface area contributed by atoms with E-state index in [0.717, 1.165) is 72.0 Å². The van der Waals surface area contributed by atoms with E-state index in [0.29, 0.717) is 5.82 Å². The summed E-state index contributed by atoms with van der Waals surface area (Å²) < 4.78 is 2.37. The van der Waals surface area contributed by atoms with Gasteiger partial charge in [0.25, 0.3) is 0 Å². The Morgan fingerprint density at radius 2 is 1.89 bits per heavy atom. The number of pyridine rings is 1. The largest absolute Gasteiger partial charge is 0.382 e. The van der Waals surface area contributed by atoms with Crippen LogP contribution in [0.4, 0.5) is 5.82 Å². The molecule has 144 valence electrons. The van der Waals surface area contributed by atoms with Crippen LogP contribution in [0.1, 0.15) is 50.4 Å². The molecule has 27 heavy (non-hydrogen) atoms. The van der Waals surface area contributed by atoms with Gasteiger partial charge in [0.2, 0.25) is 0 Å². The van der Waals surface area contributed by atoms with Gasteiger partial charge >= 0.3 is 0 Å². The van der Waals surface area contributed by atoms with Crippen molar-refractivity contribution < 1.29 is 0 Å². The second-order valence-electron chi connectivity index (χ2n) is 6.75. The van der Waals surface area contributed by atoms with Gasteiger partial charge in [-0.1, -0.05) is 31.5 Å². The molecule has 0 unspecified atom stereocenters. The minimum atomic E-state index is 0.534. The van der Waals surface area contributed by atoms with Crippen molar-refractivity contribution in [2.45, 2.75) is 64.1 Å². The van der Waals surface area contributed by atoms with Crippen molar-refractivity contribution in [2.75, 3.05) is 11.5 Å². The predicted molar refractivity (Wildman–Crippen MR) is 112 cm³/mol. The highest BCUT2D eigenvalue weighted by molar-refractivity contribution is 7.99. The maximum atomic E-state index is 6.08.